The van der Waals surface area contributed by atoms with Crippen LogP contribution in [0.3, 0.4) is 0 Å². The third-order valence-corrected chi connectivity index (χ3v) is 8.29. The number of fused-ring (bicyclic) bond motifs is 4. The van der Waals surface area contributed by atoms with Crippen LogP contribution in [0.5, 0.6) is 0 Å². The predicted molar refractivity (Wildman–Crippen MR) is 118 cm³/mol. The highest BCUT2D eigenvalue weighted by Gasteiger charge is 2.52. The number of rotatable bonds is 3. The zero-order valence-electron chi connectivity index (χ0n) is 19.1. The lowest BCUT2D eigenvalue weighted by Gasteiger charge is -2.56. The quantitative estimate of drug-likeness (QED) is 0.743. The van der Waals surface area contributed by atoms with E-state index in [1.165, 1.54) is 18.5 Å². The fourth-order valence-corrected chi connectivity index (χ4v) is 6.60. The van der Waals surface area contributed by atoms with E-state index in [0.29, 0.717) is 12.3 Å². The molecule has 5 rings (SSSR count). The minimum absolute atomic E-state index is 0.217. The van der Waals surface area contributed by atoms with Gasteiger partial charge < -0.3 is 14.4 Å². The molecule has 0 aromatic carbocycles. The largest absolute Gasteiger partial charge is 0.341 e. The van der Waals surface area contributed by atoms with Gasteiger partial charge in [0.15, 0.2) is 0 Å². The molecule has 0 spiro atoms. The summed E-state index contributed by atoms with van der Waals surface area (Å²) in [6.45, 7) is 6.53. The minimum Gasteiger partial charge on any atom is -0.341 e. The van der Waals surface area contributed by atoms with E-state index >= 15 is 0 Å². The fourth-order valence-electron chi connectivity index (χ4n) is 6.60. The molecule has 4 aliphatic rings. The van der Waals surface area contributed by atoms with Gasteiger partial charge in [-0.1, -0.05) is 12.8 Å². The van der Waals surface area contributed by atoms with Crippen molar-refractivity contribution in [3.8, 4) is 0 Å². The van der Waals surface area contributed by atoms with Gasteiger partial charge >= 0.3 is 0 Å². The van der Waals surface area contributed by atoms with Gasteiger partial charge in [-0.25, -0.2) is 4.98 Å². The summed E-state index contributed by atoms with van der Waals surface area (Å²) in [6, 6.07) is -0.0299. The monoisotopic (exact) mass is 427 g/mol. The molecule has 4 aliphatic heterocycles. The standard InChI is InChI=1S/C24H37N5O2/c1-17-25-13-20(26(17)2)16-27-14-18-12-19(15-27)23(29-21(18)8-7-9-22(29)30)24(31)28-10-5-3-4-6-11-28/h13,18-19,21,23H,3-12,14-16H2,1-2H3/t18-,19+,21-,23+/m0/s1. The van der Waals surface area contributed by atoms with Gasteiger partial charge in [0.05, 0.1) is 5.69 Å². The van der Waals surface area contributed by atoms with Crippen molar-refractivity contribution >= 4 is 11.8 Å². The van der Waals surface area contributed by atoms with Crippen LogP contribution in [0.25, 0.3) is 0 Å². The molecule has 0 N–H and O–H groups in total. The van der Waals surface area contributed by atoms with Crippen molar-refractivity contribution in [3.63, 3.8) is 0 Å². The lowest BCUT2D eigenvalue weighted by Crippen LogP contribution is -2.68. The maximum Gasteiger partial charge on any atom is 0.245 e. The van der Waals surface area contributed by atoms with Crippen molar-refractivity contribution in [1.82, 2.24) is 24.3 Å². The van der Waals surface area contributed by atoms with Crippen LogP contribution in [-0.4, -0.2) is 74.3 Å². The Hall–Kier alpha value is -1.89. The topological polar surface area (TPSA) is 61.7 Å². The number of aryl methyl sites for hydroxylation is 1. The Morgan fingerprint density at radius 1 is 1.10 bits per heavy atom. The van der Waals surface area contributed by atoms with E-state index in [1.807, 2.05) is 13.1 Å². The number of carbonyl (C=O) groups excluding carboxylic acids is 2. The summed E-state index contributed by atoms with van der Waals surface area (Å²) in [5, 5.41) is 0. The summed E-state index contributed by atoms with van der Waals surface area (Å²) in [6.07, 6.45) is 10.3. The second-order valence-corrected chi connectivity index (χ2v) is 10.3. The number of likely N-dealkylation sites (tertiary alicyclic amines) is 2. The number of hydrogen-bond acceptors (Lipinski definition) is 4. The molecule has 4 saturated heterocycles. The highest BCUT2D eigenvalue weighted by molar-refractivity contribution is 5.89. The van der Waals surface area contributed by atoms with Gasteiger partial charge in [-0.3, -0.25) is 14.5 Å². The number of piperidine rings is 3. The maximum atomic E-state index is 13.8. The zero-order valence-corrected chi connectivity index (χ0v) is 19.1. The second kappa shape index (κ2) is 8.57. The first-order valence-corrected chi connectivity index (χ1v) is 12.3. The predicted octanol–water partition coefficient (Wildman–Crippen LogP) is 2.33. The molecule has 0 saturated carbocycles. The van der Waals surface area contributed by atoms with Crippen molar-refractivity contribution in [3.05, 3.63) is 17.7 Å². The molecular weight excluding hydrogens is 390 g/mol. The number of imidazole rings is 1. The molecule has 170 valence electrons. The van der Waals surface area contributed by atoms with E-state index in [9.17, 15) is 9.59 Å². The lowest BCUT2D eigenvalue weighted by atomic mass is 9.71. The van der Waals surface area contributed by atoms with Crippen molar-refractivity contribution in [2.24, 2.45) is 18.9 Å². The van der Waals surface area contributed by atoms with E-state index in [0.717, 1.165) is 70.7 Å². The lowest BCUT2D eigenvalue weighted by molar-refractivity contribution is -0.165. The van der Waals surface area contributed by atoms with E-state index < -0.39 is 0 Å². The zero-order chi connectivity index (χ0) is 21.5. The third kappa shape index (κ3) is 3.90. The van der Waals surface area contributed by atoms with Gasteiger partial charge in [0, 0.05) is 64.3 Å². The summed E-state index contributed by atoms with van der Waals surface area (Å²) in [5.74, 6) is 2.19. The average molecular weight is 428 g/mol. The van der Waals surface area contributed by atoms with Crippen molar-refractivity contribution in [1.29, 1.82) is 0 Å². The molecule has 31 heavy (non-hydrogen) atoms. The van der Waals surface area contributed by atoms with Crippen LogP contribution in [0, 0.1) is 18.8 Å². The Bertz CT molecular complexity index is 828. The normalized spacial score (nSPS) is 32.0. The number of amides is 2. The van der Waals surface area contributed by atoms with E-state index in [-0.39, 0.29) is 29.8 Å². The van der Waals surface area contributed by atoms with Crippen LogP contribution >= 0.6 is 0 Å². The molecule has 1 aromatic heterocycles. The third-order valence-electron chi connectivity index (χ3n) is 8.29. The summed E-state index contributed by atoms with van der Waals surface area (Å²) in [7, 11) is 2.08. The van der Waals surface area contributed by atoms with Crippen molar-refractivity contribution in [2.45, 2.75) is 76.9 Å². The summed E-state index contributed by atoms with van der Waals surface area (Å²) in [5.41, 5.74) is 1.23. The van der Waals surface area contributed by atoms with Crippen LogP contribution in [0.15, 0.2) is 6.20 Å². The Morgan fingerprint density at radius 2 is 1.84 bits per heavy atom. The molecule has 2 amide bonds. The summed E-state index contributed by atoms with van der Waals surface area (Å²) in [4.78, 5) is 38.0. The van der Waals surface area contributed by atoms with E-state index in [4.69, 9.17) is 0 Å². The molecule has 0 radical (unpaired) electrons. The molecule has 4 atom stereocenters. The van der Waals surface area contributed by atoms with Gasteiger partial charge in [0.25, 0.3) is 0 Å². The maximum absolute atomic E-state index is 13.8. The molecular formula is C24H37N5O2. The molecule has 0 unspecified atom stereocenters. The molecule has 7 heteroatoms. The first-order valence-electron chi connectivity index (χ1n) is 12.3. The van der Waals surface area contributed by atoms with Crippen molar-refractivity contribution in [2.75, 3.05) is 26.2 Å². The SMILES string of the molecule is Cc1ncc(CN2C[C@@H]3C[C@H](C2)[C@H](C(=O)N2CCCCCC2)N2C(=O)CCC[C@@H]32)n1C. The van der Waals surface area contributed by atoms with Gasteiger partial charge in [-0.15, -0.1) is 0 Å². The van der Waals surface area contributed by atoms with E-state index in [1.54, 1.807) is 0 Å². The molecule has 0 aliphatic carbocycles. The Balaban J connectivity index is 1.41. The highest BCUT2D eigenvalue weighted by atomic mass is 16.2. The van der Waals surface area contributed by atoms with Gasteiger partial charge in [-0.05, 0) is 44.9 Å². The Kier molecular flexibility index (Phi) is 5.80. The summed E-state index contributed by atoms with van der Waals surface area (Å²) < 4.78 is 2.17. The fraction of sp³-hybridized carbons (Fsp3) is 0.792. The minimum atomic E-state index is -0.261. The number of carbonyl (C=O) groups is 2. The van der Waals surface area contributed by atoms with Crippen molar-refractivity contribution < 1.29 is 9.59 Å². The van der Waals surface area contributed by atoms with Crippen LogP contribution < -0.4 is 0 Å². The Labute approximate surface area is 185 Å². The number of nitrogens with zero attached hydrogens (tertiary/aromatic N) is 5. The van der Waals surface area contributed by atoms with Gasteiger partial charge in [0.2, 0.25) is 11.8 Å². The molecule has 1 aromatic rings. The van der Waals surface area contributed by atoms with Crippen LogP contribution in [0.1, 0.15) is 62.9 Å². The molecule has 2 bridgehead atoms. The van der Waals surface area contributed by atoms with Crippen LogP contribution in [0.2, 0.25) is 0 Å². The number of hydrogen-bond donors (Lipinski definition) is 0. The van der Waals surface area contributed by atoms with Crippen LogP contribution in [-0.2, 0) is 23.2 Å². The summed E-state index contributed by atoms with van der Waals surface area (Å²) >= 11 is 0. The Morgan fingerprint density at radius 3 is 2.55 bits per heavy atom. The smallest absolute Gasteiger partial charge is 0.245 e. The average Bonchev–Trinajstić information content (AvgIpc) is 2.97. The first kappa shape index (κ1) is 21.0. The van der Waals surface area contributed by atoms with Crippen LogP contribution in [0.4, 0.5) is 0 Å². The molecule has 4 fully saturated rings. The second-order valence-electron chi connectivity index (χ2n) is 10.3. The van der Waals surface area contributed by atoms with Gasteiger partial charge in [-0.2, -0.15) is 0 Å². The highest BCUT2D eigenvalue weighted by Crippen LogP contribution is 2.42. The van der Waals surface area contributed by atoms with Gasteiger partial charge in [0.1, 0.15) is 11.9 Å². The molecule has 5 heterocycles. The van der Waals surface area contributed by atoms with E-state index in [2.05, 4.69) is 31.3 Å². The number of aromatic nitrogens is 2. The molecule has 7 nitrogen and oxygen atoms in total. The first-order chi connectivity index (χ1) is 15.0.